The van der Waals surface area contributed by atoms with Gasteiger partial charge in [0, 0.05) is 24.5 Å². The van der Waals surface area contributed by atoms with Crippen LogP contribution >= 0.6 is 11.8 Å². The molecule has 1 unspecified atom stereocenters. The van der Waals surface area contributed by atoms with Crippen molar-refractivity contribution in [3.63, 3.8) is 0 Å². The number of fused-ring (bicyclic) bond motifs is 5. The lowest BCUT2D eigenvalue weighted by Gasteiger charge is -2.42. The van der Waals surface area contributed by atoms with Crippen molar-refractivity contribution in [2.45, 2.75) is 29.8 Å². The smallest absolute Gasteiger partial charge is 0.341 e. The quantitative estimate of drug-likeness (QED) is 0.868. The lowest BCUT2D eigenvalue weighted by Crippen LogP contribution is -2.49. The molecule has 0 amide bonds. The van der Waals surface area contributed by atoms with Crippen LogP contribution in [0.2, 0.25) is 0 Å². The summed E-state index contributed by atoms with van der Waals surface area (Å²) < 4.78 is 22.4. The second kappa shape index (κ2) is 5.72. The van der Waals surface area contributed by atoms with Crippen molar-refractivity contribution in [1.82, 2.24) is 4.57 Å². The zero-order valence-corrected chi connectivity index (χ0v) is 14.7. The van der Waals surface area contributed by atoms with Crippen molar-refractivity contribution in [2.75, 3.05) is 30.4 Å². The van der Waals surface area contributed by atoms with Crippen molar-refractivity contribution >= 4 is 34.3 Å². The largest absolute Gasteiger partial charge is 0.477 e. The summed E-state index contributed by atoms with van der Waals surface area (Å²) in [6.45, 7) is 1.73. The third-order valence-electron chi connectivity index (χ3n) is 5.30. The number of hydrogen-bond acceptors (Lipinski definition) is 5. The van der Waals surface area contributed by atoms with E-state index in [0.29, 0.717) is 31.0 Å². The van der Waals surface area contributed by atoms with E-state index in [9.17, 15) is 14.7 Å². The van der Waals surface area contributed by atoms with E-state index >= 15 is 4.39 Å². The van der Waals surface area contributed by atoms with Crippen LogP contribution in [0.25, 0.3) is 10.9 Å². The van der Waals surface area contributed by atoms with E-state index in [0.717, 1.165) is 23.5 Å². The summed E-state index contributed by atoms with van der Waals surface area (Å²) in [6.07, 6.45) is 3.32. The Morgan fingerprint density at radius 2 is 2.15 bits per heavy atom. The van der Waals surface area contributed by atoms with Crippen LogP contribution < -0.4 is 10.3 Å². The summed E-state index contributed by atoms with van der Waals surface area (Å²) in [4.78, 5) is 27.0. The van der Waals surface area contributed by atoms with E-state index in [4.69, 9.17) is 4.74 Å². The summed E-state index contributed by atoms with van der Waals surface area (Å²) in [5.74, 6) is -0.982. The maximum Gasteiger partial charge on any atom is 0.341 e. The Bertz CT molecular complexity index is 1000. The number of morpholine rings is 1. The number of anilines is 1. The number of benzene rings is 1. The van der Waals surface area contributed by atoms with E-state index in [1.807, 2.05) is 9.47 Å². The van der Waals surface area contributed by atoms with Gasteiger partial charge in [-0.2, -0.15) is 0 Å². The summed E-state index contributed by atoms with van der Waals surface area (Å²) >= 11 is 1.53. The van der Waals surface area contributed by atoms with Gasteiger partial charge in [-0.05, 0) is 18.9 Å². The van der Waals surface area contributed by atoms with Gasteiger partial charge in [0.05, 0.1) is 40.7 Å². The highest BCUT2D eigenvalue weighted by Gasteiger charge is 2.36. The number of halogens is 1. The molecule has 136 valence electrons. The fourth-order valence-corrected chi connectivity index (χ4v) is 5.25. The van der Waals surface area contributed by atoms with Gasteiger partial charge in [0.25, 0.3) is 0 Å². The highest BCUT2D eigenvalue weighted by molar-refractivity contribution is 7.99. The number of aromatic nitrogens is 1. The minimum Gasteiger partial charge on any atom is -0.477 e. The van der Waals surface area contributed by atoms with Gasteiger partial charge in [0.1, 0.15) is 11.4 Å². The molecule has 1 saturated heterocycles. The zero-order chi connectivity index (χ0) is 18.0. The number of rotatable bonds is 2. The van der Waals surface area contributed by atoms with Crippen LogP contribution in [0.15, 0.2) is 22.0 Å². The van der Waals surface area contributed by atoms with Crippen LogP contribution in [0.1, 0.15) is 29.2 Å². The first-order valence-corrected chi connectivity index (χ1v) is 9.66. The van der Waals surface area contributed by atoms with Gasteiger partial charge in [-0.15, -0.1) is 11.8 Å². The Hall–Kier alpha value is -2.06. The zero-order valence-electron chi connectivity index (χ0n) is 13.9. The van der Waals surface area contributed by atoms with Crippen LogP contribution in [0.4, 0.5) is 10.1 Å². The average Bonchev–Trinajstić information content (AvgIpc) is 3.47. The first-order valence-electron chi connectivity index (χ1n) is 8.68. The standard InChI is InChI=1S/C18H17FN2O4S/c19-13-5-11-14(17-15(13)20-3-4-25-7-10(20)8-26-17)21(9-1-2-9)6-12(16(11)22)18(23)24/h5-6,9-10H,1-4,7-8H2,(H,23,24). The van der Waals surface area contributed by atoms with Crippen molar-refractivity contribution in [2.24, 2.45) is 0 Å². The molecule has 1 saturated carbocycles. The Morgan fingerprint density at radius 1 is 1.35 bits per heavy atom. The number of carboxylic acids is 1. The summed E-state index contributed by atoms with van der Waals surface area (Å²) in [7, 11) is 0. The van der Waals surface area contributed by atoms with Crippen molar-refractivity contribution in [3.05, 3.63) is 33.9 Å². The predicted molar refractivity (Wildman–Crippen MR) is 96.1 cm³/mol. The number of carbonyl (C=O) groups is 1. The molecular formula is C18H17FN2O4S. The van der Waals surface area contributed by atoms with E-state index in [-0.39, 0.29) is 23.0 Å². The molecule has 6 nitrogen and oxygen atoms in total. The first-order chi connectivity index (χ1) is 12.6. The van der Waals surface area contributed by atoms with E-state index in [2.05, 4.69) is 0 Å². The van der Waals surface area contributed by atoms with E-state index in [1.54, 1.807) is 0 Å². The molecule has 3 heterocycles. The molecule has 8 heteroatoms. The normalized spacial score (nSPS) is 22.2. The number of nitrogens with zero attached hydrogens (tertiary/aromatic N) is 2. The molecule has 1 aliphatic carbocycles. The van der Waals surface area contributed by atoms with Gasteiger partial charge < -0.3 is 19.3 Å². The number of aromatic carboxylic acids is 1. The molecule has 2 aliphatic heterocycles. The third-order valence-corrected chi connectivity index (χ3v) is 6.53. The number of carboxylic acid groups (broad SMARTS) is 1. The molecule has 2 aromatic rings. The molecule has 1 aromatic heterocycles. The molecule has 0 bridgehead atoms. The minimum atomic E-state index is -1.27. The fraction of sp³-hybridized carbons (Fsp3) is 0.444. The van der Waals surface area contributed by atoms with E-state index in [1.165, 1.54) is 24.0 Å². The summed E-state index contributed by atoms with van der Waals surface area (Å²) in [6, 6.07) is 1.52. The van der Waals surface area contributed by atoms with Crippen LogP contribution in [0, 0.1) is 5.82 Å². The molecular weight excluding hydrogens is 359 g/mol. The molecule has 3 aliphatic rings. The van der Waals surface area contributed by atoms with Crippen molar-refractivity contribution in [3.8, 4) is 0 Å². The van der Waals surface area contributed by atoms with Crippen LogP contribution in [0.5, 0.6) is 0 Å². The highest BCUT2D eigenvalue weighted by atomic mass is 32.2. The monoisotopic (exact) mass is 376 g/mol. The minimum absolute atomic E-state index is 0.118. The van der Waals surface area contributed by atoms with Crippen LogP contribution in [-0.4, -0.2) is 47.2 Å². The molecule has 26 heavy (non-hydrogen) atoms. The lowest BCUT2D eigenvalue weighted by molar-refractivity contribution is 0.0695. The van der Waals surface area contributed by atoms with Gasteiger partial charge in [0.2, 0.25) is 5.43 Å². The maximum absolute atomic E-state index is 15.0. The van der Waals surface area contributed by atoms with Crippen molar-refractivity contribution in [1.29, 1.82) is 0 Å². The van der Waals surface area contributed by atoms with E-state index < -0.39 is 17.2 Å². The Kier molecular flexibility index (Phi) is 3.55. The molecule has 1 N–H and O–H groups in total. The second-order valence-electron chi connectivity index (χ2n) is 6.98. The molecule has 0 spiro atoms. The number of hydrogen-bond donors (Lipinski definition) is 1. The van der Waals surface area contributed by atoms with Gasteiger partial charge in [-0.1, -0.05) is 0 Å². The summed E-state index contributed by atoms with van der Waals surface area (Å²) in [5.41, 5.74) is 0.289. The third kappa shape index (κ3) is 2.28. The molecule has 5 rings (SSSR count). The van der Waals surface area contributed by atoms with Gasteiger partial charge >= 0.3 is 5.97 Å². The fourth-order valence-electron chi connectivity index (χ4n) is 3.91. The lowest BCUT2D eigenvalue weighted by atomic mass is 10.1. The molecule has 1 atom stereocenters. The Morgan fingerprint density at radius 3 is 2.88 bits per heavy atom. The molecule has 0 radical (unpaired) electrons. The highest BCUT2D eigenvalue weighted by Crippen LogP contribution is 2.46. The molecule has 2 fully saturated rings. The van der Waals surface area contributed by atoms with Gasteiger partial charge in [-0.25, -0.2) is 9.18 Å². The molecule has 1 aromatic carbocycles. The predicted octanol–water partition coefficient (Wildman–Crippen LogP) is 2.48. The van der Waals surface area contributed by atoms with Crippen LogP contribution in [-0.2, 0) is 4.74 Å². The number of ether oxygens (including phenoxy) is 1. The second-order valence-corrected chi connectivity index (χ2v) is 8.01. The maximum atomic E-state index is 15.0. The summed E-state index contributed by atoms with van der Waals surface area (Å²) in [5, 5.41) is 9.54. The van der Waals surface area contributed by atoms with Gasteiger partial charge in [-0.3, -0.25) is 4.79 Å². The van der Waals surface area contributed by atoms with Gasteiger partial charge in [0.15, 0.2) is 0 Å². The first kappa shape index (κ1) is 16.1. The Labute approximate surface area is 152 Å². The van der Waals surface area contributed by atoms with Crippen LogP contribution in [0.3, 0.4) is 0 Å². The number of pyridine rings is 1. The van der Waals surface area contributed by atoms with Crippen molar-refractivity contribution < 1.29 is 19.0 Å². The Balaban J connectivity index is 1.84. The average molecular weight is 376 g/mol. The topological polar surface area (TPSA) is 71.8 Å². The number of thioether (sulfide) groups is 1. The SMILES string of the molecule is O=C(O)c1cn(C2CC2)c2c3c(c(F)cc2c1=O)N1CCOCC1CS3.